The van der Waals surface area contributed by atoms with Crippen LogP contribution in [0.4, 0.5) is 0 Å². The van der Waals surface area contributed by atoms with Gasteiger partial charge in [-0.25, -0.2) is 18.1 Å². The lowest BCUT2D eigenvalue weighted by Gasteiger charge is -2.10. The molecule has 0 unspecified atom stereocenters. The Balaban J connectivity index is 1.42. The first-order chi connectivity index (χ1) is 13.6. The molecule has 0 aliphatic heterocycles. The van der Waals surface area contributed by atoms with Crippen LogP contribution in [-0.2, 0) is 23.0 Å². The van der Waals surface area contributed by atoms with Crippen molar-refractivity contribution in [2.24, 2.45) is 0 Å². The Labute approximate surface area is 164 Å². The van der Waals surface area contributed by atoms with Crippen molar-refractivity contribution in [3.05, 3.63) is 96.6 Å². The second-order valence-electron chi connectivity index (χ2n) is 6.61. The molecule has 0 saturated heterocycles. The minimum Gasteiger partial charge on any atom is -0.330 e. The number of aromatic nitrogens is 2. The SMILES string of the molecule is O=S(=O)(NCCc1nccn1Cc1ccccc1)c1ccc2ccccc2c1. The van der Waals surface area contributed by atoms with Crippen LogP contribution in [0.15, 0.2) is 90.1 Å². The van der Waals surface area contributed by atoms with Gasteiger partial charge in [-0.15, -0.1) is 0 Å². The van der Waals surface area contributed by atoms with Crippen molar-refractivity contribution in [3.8, 4) is 0 Å². The molecule has 0 spiro atoms. The first kappa shape index (κ1) is 18.4. The minimum atomic E-state index is -3.56. The van der Waals surface area contributed by atoms with E-state index in [1.54, 1.807) is 18.3 Å². The van der Waals surface area contributed by atoms with Crippen molar-refractivity contribution < 1.29 is 8.42 Å². The lowest BCUT2D eigenvalue weighted by atomic mass is 10.1. The molecule has 3 aromatic carbocycles. The van der Waals surface area contributed by atoms with Gasteiger partial charge in [0.15, 0.2) is 0 Å². The highest BCUT2D eigenvalue weighted by molar-refractivity contribution is 7.89. The normalized spacial score (nSPS) is 11.7. The van der Waals surface area contributed by atoms with Gasteiger partial charge in [-0.3, -0.25) is 0 Å². The fourth-order valence-corrected chi connectivity index (χ4v) is 4.27. The minimum absolute atomic E-state index is 0.277. The number of benzene rings is 3. The Bertz CT molecular complexity index is 1180. The van der Waals surface area contributed by atoms with Crippen LogP contribution in [0.3, 0.4) is 0 Å². The first-order valence-electron chi connectivity index (χ1n) is 9.14. The maximum Gasteiger partial charge on any atom is 0.240 e. The number of nitrogens with one attached hydrogen (secondary N) is 1. The van der Waals surface area contributed by atoms with Gasteiger partial charge < -0.3 is 4.57 Å². The number of hydrogen-bond acceptors (Lipinski definition) is 3. The maximum atomic E-state index is 12.6. The van der Waals surface area contributed by atoms with Crippen molar-refractivity contribution in [1.29, 1.82) is 0 Å². The Morgan fingerprint density at radius 2 is 1.64 bits per heavy atom. The van der Waals surface area contributed by atoms with Crippen LogP contribution in [-0.4, -0.2) is 24.5 Å². The van der Waals surface area contributed by atoms with Crippen LogP contribution in [0.5, 0.6) is 0 Å². The molecule has 28 heavy (non-hydrogen) atoms. The lowest BCUT2D eigenvalue weighted by Crippen LogP contribution is -2.26. The van der Waals surface area contributed by atoms with Crippen molar-refractivity contribution in [1.82, 2.24) is 14.3 Å². The van der Waals surface area contributed by atoms with E-state index in [1.165, 1.54) is 5.56 Å². The predicted octanol–water partition coefficient (Wildman–Crippen LogP) is 3.61. The van der Waals surface area contributed by atoms with E-state index in [0.717, 1.165) is 16.6 Å². The summed E-state index contributed by atoms with van der Waals surface area (Å²) < 4.78 is 30.0. The summed E-state index contributed by atoms with van der Waals surface area (Å²) in [6.45, 7) is 1.01. The summed E-state index contributed by atoms with van der Waals surface area (Å²) in [6.07, 6.45) is 4.18. The molecule has 1 aromatic heterocycles. The van der Waals surface area contributed by atoms with E-state index in [9.17, 15) is 8.42 Å². The largest absolute Gasteiger partial charge is 0.330 e. The molecule has 0 fully saturated rings. The van der Waals surface area contributed by atoms with Crippen LogP contribution >= 0.6 is 0 Å². The van der Waals surface area contributed by atoms with E-state index in [0.29, 0.717) is 19.5 Å². The number of nitrogens with zero attached hydrogens (tertiary/aromatic N) is 2. The average molecular weight is 391 g/mol. The third-order valence-corrected chi connectivity index (χ3v) is 6.13. The van der Waals surface area contributed by atoms with Crippen LogP contribution < -0.4 is 4.72 Å². The van der Waals surface area contributed by atoms with Gasteiger partial charge in [0.1, 0.15) is 5.82 Å². The number of sulfonamides is 1. The quantitative estimate of drug-likeness (QED) is 0.523. The molecule has 1 N–H and O–H groups in total. The molecule has 1 heterocycles. The molecular formula is C22H21N3O2S. The maximum absolute atomic E-state index is 12.6. The smallest absolute Gasteiger partial charge is 0.240 e. The predicted molar refractivity (Wildman–Crippen MR) is 111 cm³/mol. The summed E-state index contributed by atoms with van der Waals surface area (Å²) >= 11 is 0. The Hall–Kier alpha value is -2.96. The standard InChI is InChI=1S/C22H21N3O2S/c26-28(27,21-11-10-19-8-4-5-9-20(19)16-21)24-13-12-22-23-14-15-25(22)17-18-6-2-1-3-7-18/h1-11,14-16,24H,12-13,17H2. The summed E-state index contributed by atoms with van der Waals surface area (Å²) in [6, 6.07) is 23.0. The third kappa shape index (κ3) is 4.13. The molecule has 0 aliphatic carbocycles. The molecule has 4 rings (SSSR count). The topological polar surface area (TPSA) is 64.0 Å². The zero-order chi connectivity index (χ0) is 19.4. The van der Waals surface area contributed by atoms with Crippen molar-refractivity contribution in [2.45, 2.75) is 17.9 Å². The zero-order valence-corrected chi connectivity index (χ0v) is 16.1. The zero-order valence-electron chi connectivity index (χ0n) is 15.3. The number of imidazole rings is 1. The second-order valence-corrected chi connectivity index (χ2v) is 8.38. The molecule has 6 heteroatoms. The Morgan fingerprint density at radius 1 is 0.893 bits per heavy atom. The lowest BCUT2D eigenvalue weighted by molar-refractivity contribution is 0.579. The van der Waals surface area contributed by atoms with Crippen molar-refractivity contribution in [2.75, 3.05) is 6.54 Å². The Morgan fingerprint density at radius 3 is 2.46 bits per heavy atom. The average Bonchev–Trinajstić information content (AvgIpc) is 3.15. The molecule has 0 atom stereocenters. The fourth-order valence-electron chi connectivity index (χ4n) is 3.21. The van der Waals surface area contributed by atoms with E-state index < -0.39 is 10.0 Å². The van der Waals surface area contributed by atoms with E-state index in [-0.39, 0.29) is 4.90 Å². The summed E-state index contributed by atoms with van der Waals surface area (Å²) in [5, 5.41) is 1.92. The van der Waals surface area contributed by atoms with E-state index >= 15 is 0 Å². The van der Waals surface area contributed by atoms with Gasteiger partial charge in [-0.2, -0.15) is 0 Å². The highest BCUT2D eigenvalue weighted by Crippen LogP contribution is 2.18. The molecule has 0 aliphatic rings. The van der Waals surface area contributed by atoms with Crippen molar-refractivity contribution >= 4 is 20.8 Å². The molecule has 5 nitrogen and oxygen atoms in total. The highest BCUT2D eigenvalue weighted by atomic mass is 32.2. The number of hydrogen-bond donors (Lipinski definition) is 1. The van der Waals surface area contributed by atoms with E-state index in [4.69, 9.17) is 0 Å². The van der Waals surface area contributed by atoms with Crippen LogP contribution in [0, 0.1) is 0 Å². The van der Waals surface area contributed by atoms with Gasteiger partial charge in [0.2, 0.25) is 10.0 Å². The van der Waals surface area contributed by atoms with Crippen LogP contribution in [0.25, 0.3) is 10.8 Å². The van der Waals surface area contributed by atoms with Crippen LogP contribution in [0.1, 0.15) is 11.4 Å². The second kappa shape index (κ2) is 7.96. The molecule has 0 saturated carbocycles. The summed E-state index contributed by atoms with van der Waals surface area (Å²) in [4.78, 5) is 4.65. The van der Waals surface area contributed by atoms with E-state index in [1.807, 2.05) is 59.3 Å². The number of fused-ring (bicyclic) bond motifs is 1. The molecule has 0 amide bonds. The summed E-state index contributed by atoms with van der Waals surface area (Å²) in [5.41, 5.74) is 1.18. The van der Waals surface area contributed by atoms with Gasteiger partial charge in [-0.05, 0) is 28.5 Å². The molecule has 4 aromatic rings. The van der Waals surface area contributed by atoms with Gasteiger partial charge in [0.05, 0.1) is 4.90 Å². The third-order valence-electron chi connectivity index (χ3n) is 4.67. The first-order valence-corrected chi connectivity index (χ1v) is 10.6. The Kier molecular flexibility index (Phi) is 5.23. The number of rotatable bonds is 7. The highest BCUT2D eigenvalue weighted by Gasteiger charge is 2.14. The molecular weight excluding hydrogens is 370 g/mol. The molecule has 0 bridgehead atoms. The molecule has 0 radical (unpaired) electrons. The van der Waals surface area contributed by atoms with E-state index in [2.05, 4.69) is 21.8 Å². The monoisotopic (exact) mass is 391 g/mol. The van der Waals surface area contributed by atoms with Crippen molar-refractivity contribution in [3.63, 3.8) is 0 Å². The van der Waals surface area contributed by atoms with Crippen LogP contribution in [0.2, 0.25) is 0 Å². The van der Waals surface area contributed by atoms with Gasteiger partial charge >= 0.3 is 0 Å². The van der Waals surface area contributed by atoms with Gasteiger partial charge in [0, 0.05) is 31.9 Å². The summed E-state index contributed by atoms with van der Waals surface area (Å²) in [7, 11) is -3.56. The fraction of sp³-hybridized carbons (Fsp3) is 0.136. The van der Waals surface area contributed by atoms with Gasteiger partial charge in [0.25, 0.3) is 0 Å². The summed E-state index contributed by atoms with van der Waals surface area (Å²) in [5.74, 6) is 0.852. The van der Waals surface area contributed by atoms with Gasteiger partial charge in [-0.1, -0.05) is 60.7 Å². The molecule has 142 valence electrons.